The fraction of sp³-hybridized carbons (Fsp3) is 0.676. The molecule has 1 aromatic carbocycles. The van der Waals surface area contributed by atoms with Gasteiger partial charge in [0.05, 0.1) is 0 Å². The maximum absolute atomic E-state index is 13.3. The number of nitrogens with zero attached hydrogens (tertiary/aromatic N) is 1. The minimum absolute atomic E-state index is 0.0448. The Labute approximate surface area is 285 Å². The summed E-state index contributed by atoms with van der Waals surface area (Å²) in [6.07, 6.45) is -1.58. The van der Waals surface area contributed by atoms with Crippen LogP contribution in [0, 0.1) is 0 Å². The van der Waals surface area contributed by atoms with Crippen LogP contribution in [0.5, 0.6) is 0 Å². The zero-order valence-electron chi connectivity index (χ0n) is 30.1. The SMILES string of the molecule is CC(C)(C)OC(=O)NCCC[C@H](CNC(=O)C[C@H](CCCNC(=O)OC(C)(C)C)N(Cc1ccccc1)C(=O)O)NC(=O)OC(C)(C)C. The molecule has 48 heavy (non-hydrogen) atoms. The lowest BCUT2D eigenvalue weighted by Gasteiger charge is -2.30. The molecule has 0 spiro atoms. The van der Waals surface area contributed by atoms with E-state index in [4.69, 9.17) is 14.2 Å². The van der Waals surface area contributed by atoms with Gasteiger partial charge in [-0.25, -0.2) is 19.2 Å². The van der Waals surface area contributed by atoms with Crippen molar-refractivity contribution in [2.24, 2.45) is 0 Å². The zero-order chi connectivity index (χ0) is 36.5. The van der Waals surface area contributed by atoms with Crippen molar-refractivity contribution < 1.29 is 43.3 Å². The summed E-state index contributed by atoms with van der Waals surface area (Å²) in [4.78, 5) is 63.5. The summed E-state index contributed by atoms with van der Waals surface area (Å²) in [5, 5.41) is 21.1. The van der Waals surface area contributed by atoms with E-state index in [0.29, 0.717) is 19.3 Å². The highest BCUT2D eigenvalue weighted by molar-refractivity contribution is 5.77. The molecule has 0 unspecified atom stereocenters. The number of alkyl carbamates (subject to hydrolysis) is 3. The molecule has 5 N–H and O–H groups in total. The zero-order valence-corrected chi connectivity index (χ0v) is 30.1. The molecule has 0 aliphatic heterocycles. The van der Waals surface area contributed by atoms with Crippen molar-refractivity contribution in [2.45, 2.75) is 130 Å². The number of carbonyl (C=O) groups is 5. The largest absolute Gasteiger partial charge is 0.465 e. The number of carboxylic acid groups (broad SMARTS) is 1. The van der Waals surface area contributed by atoms with E-state index in [1.807, 2.05) is 30.3 Å². The van der Waals surface area contributed by atoms with Crippen LogP contribution in [0.2, 0.25) is 0 Å². The Morgan fingerprint density at radius 2 is 1.19 bits per heavy atom. The molecule has 0 radical (unpaired) electrons. The van der Waals surface area contributed by atoms with Crippen LogP contribution in [-0.4, -0.2) is 88.8 Å². The number of hydrogen-bond acceptors (Lipinski definition) is 8. The first-order valence-electron chi connectivity index (χ1n) is 16.4. The second kappa shape index (κ2) is 19.6. The van der Waals surface area contributed by atoms with E-state index in [0.717, 1.165) is 5.56 Å². The highest BCUT2D eigenvalue weighted by atomic mass is 16.6. The Balaban J connectivity index is 2.95. The molecule has 0 aliphatic rings. The van der Waals surface area contributed by atoms with Gasteiger partial charge >= 0.3 is 24.4 Å². The van der Waals surface area contributed by atoms with Gasteiger partial charge in [0.25, 0.3) is 0 Å². The predicted octanol–water partition coefficient (Wildman–Crippen LogP) is 5.54. The summed E-state index contributed by atoms with van der Waals surface area (Å²) in [5.74, 6) is -0.415. The van der Waals surface area contributed by atoms with E-state index in [1.54, 1.807) is 62.3 Å². The monoisotopic (exact) mass is 679 g/mol. The molecule has 0 saturated heterocycles. The maximum Gasteiger partial charge on any atom is 0.407 e. The highest BCUT2D eigenvalue weighted by Gasteiger charge is 2.27. The van der Waals surface area contributed by atoms with Crippen molar-refractivity contribution >= 4 is 30.3 Å². The second-order valence-electron chi connectivity index (χ2n) is 14.5. The number of hydrogen-bond donors (Lipinski definition) is 5. The van der Waals surface area contributed by atoms with Crippen LogP contribution in [0.15, 0.2) is 30.3 Å². The minimum atomic E-state index is -1.18. The van der Waals surface area contributed by atoms with Gasteiger partial charge < -0.3 is 45.5 Å². The normalized spacial score (nSPS) is 12.9. The number of rotatable bonds is 16. The van der Waals surface area contributed by atoms with E-state index in [9.17, 15) is 29.1 Å². The molecular formula is C34H57N5O9. The van der Waals surface area contributed by atoms with Crippen LogP contribution >= 0.6 is 0 Å². The molecule has 0 aromatic heterocycles. The third-order valence-corrected chi connectivity index (χ3v) is 6.35. The summed E-state index contributed by atoms with van der Waals surface area (Å²) in [7, 11) is 0. The maximum atomic E-state index is 13.3. The van der Waals surface area contributed by atoms with Crippen molar-refractivity contribution in [2.75, 3.05) is 19.6 Å². The van der Waals surface area contributed by atoms with Gasteiger partial charge in [0.1, 0.15) is 16.8 Å². The fourth-order valence-corrected chi connectivity index (χ4v) is 4.42. The number of benzene rings is 1. The quantitative estimate of drug-likeness (QED) is 0.110. The molecule has 2 atom stereocenters. The molecule has 0 bridgehead atoms. The molecule has 0 aliphatic carbocycles. The van der Waals surface area contributed by atoms with Gasteiger partial charge in [-0.05, 0) is 93.6 Å². The molecular weight excluding hydrogens is 622 g/mol. The number of nitrogens with one attached hydrogen (secondary N) is 4. The van der Waals surface area contributed by atoms with Crippen molar-refractivity contribution in [1.29, 1.82) is 0 Å². The molecule has 0 saturated carbocycles. The molecule has 14 heteroatoms. The molecule has 1 rings (SSSR count). The second-order valence-corrected chi connectivity index (χ2v) is 14.5. The topological polar surface area (TPSA) is 185 Å². The van der Waals surface area contributed by atoms with Gasteiger partial charge in [-0.15, -0.1) is 0 Å². The first-order valence-corrected chi connectivity index (χ1v) is 16.4. The van der Waals surface area contributed by atoms with Crippen LogP contribution in [0.3, 0.4) is 0 Å². The van der Waals surface area contributed by atoms with Gasteiger partial charge in [-0.3, -0.25) is 4.79 Å². The van der Waals surface area contributed by atoms with Crippen molar-refractivity contribution in [3.05, 3.63) is 35.9 Å². The van der Waals surface area contributed by atoms with Gasteiger partial charge in [0.15, 0.2) is 0 Å². The van der Waals surface area contributed by atoms with Crippen molar-refractivity contribution in [1.82, 2.24) is 26.2 Å². The molecule has 14 nitrogen and oxygen atoms in total. The van der Waals surface area contributed by atoms with Crippen LogP contribution in [0.1, 0.15) is 100.0 Å². The Morgan fingerprint density at radius 3 is 1.67 bits per heavy atom. The lowest BCUT2D eigenvalue weighted by molar-refractivity contribution is -0.122. The predicted molar refractivity (Wildman–Crippen MR) is 182 cm³/mol. The van der Waals surface area contributed by atoms with E-state index in [2.05, 4.69) is 21.3 Å². The summed E-state index contributed by atoms with van der Waals surface area (Å²) >= 11 is 0. The summed E-state index contributed by atoms with van der Waals surface area (Å²) in [6, 6.07) is 7.81. The Hall–Kier alpha value is -4.23. The number of amides is 5. The first kappa shape index (κ1) is 41.8. The molecule has 5 amide bonds. The van der Waals surface area contributed by atoms with E-state index < -0.39 is 59.2 Å². The molecule has 0 heterocycles. The van der Waals surface area contributed by atoms with Crippen LogP contribution in [0.4, 0.5) is 19.2 Å². The molecule has 272 valence electrons. The minimum Gasteiger partial charge on any atom is -0.465 e. The first-order chi connectivity index (χ1) is 22.1. The average molecular weight is 680 g/mol. The van der Waals surface area contributed by atoms with Crippen molar-refractivity contribution in [3.8, 4) is 0 Å². The lowest BCUT2D eigenvalue weighted by Crippen LogP contribution is -2.47. The van der Waals surface area contributed by atoms with Crippen LogP contribution in [-0.2, 0) is 25.5 Å². The lowest BCUT2D eigenvalue weighted by atomic mass is 10.0. The van der Waals surface area contributed by atoms with E-state index in [-0.39, 0.29) is 39.0 Å². The standard InChI is InChI=1S/C34H57N5O9/c1-32(2,3)46-28(41)35-19-13-17-25(38-30(43)48-34(7,8)9)22-37-27(40)21-26(18-14-20-36-29(42)47-33(4,5)6)39(31(44)45)23-24-15-11-10-12-16-24/h10-12,15-16,25-26H,13-14,17-23H2,1-9H3,(H,35,41)(H,36,42)(H,37,40)(H,38,43)(H,44,45)/t25-,26+/m1/s1. The van der Waals surface area contributed by atoms with Crippen molar-refractivity contribution in [3.63, 3.8) is 0 Å². The van der Waals surface area contributed by atoms with Crippen LogP contribution < -0.4 is 21.3 Å². The Morgan fingerprint density at radius 1 is 0.708 bits per heavy atom. The summed E-state index contributed by atoms with van der Waals surface area (Å²) < 4.78 is 15.9. The van der Waals surface area contributed by atoms with Gasteiger partial charge in [-0.1, -0.05) is 30.3 Å². The third kappa shape index (κ3) is 20.8. The summed E-state index contributed by atoms with van der Waals surface area (Å²) in [6.45, 7) is 16.4. The van der Waals surface area contributed by atoms with E-state index >= 15 is 0 Å². The number of carbonyl (C=O) groups excluding carboxylic acids is 4. The fourth-order valence-electron chi connectivity index (χ4n) is 4.42. The third-order valence-electron chi connectivity index (χ3n) is 6.35. The Kier molecular flexibility index (Phi) is 17.0. The van der Waals surface area contributed by atoms with Crippen LogP contribution in [0.25, 0.3) is 0 Å². The van der Waals surface area contributed by atoms with Gasteiger partial charge in [0, 0.05) is 44.7 Å². The Bertz CT molecular complexity index is 1170. The molecule has 1 aromatic rings. The van der Waals surface area contributed by atoms with Gasteiger partial charge in [-0.2, -0.15) is 0 Å². The summed E-state index contributed by atoms with van der Waals surface area (Å²) in [5.41, 5.74) is -1.27. The van der Waals surface area contributed by atoms with Gasteiger partial charge in [0.2, 0.25) is 5.91 Å². The smallest absolute Gasteiger partial charge is 0.407 e. The highest BCUT2D eigenvalue weighted by Crippen LogP contribution is 2.17. The molecule has 0 fully saturated rings. The number of ether oxygens (including phenoxy) is 3. The van der Waals surface area contributed by atoms with E-state index in [1.165, 1.54) is 4.90 Å². The average Bonchev–Trinajstić information content (AvgIpc) is 2.91.